The molecule has 1 aromatic heterocycles. The van der Waals surface area contributed by atoms with Crippen LogP contribution in [0, 0.1) is 5.41 Å². The van der Waals surface area contributed by atoms with E-state index in [4.69, 9.17) is 15.2 Å². The van der Waals surface area contributed by atoms with Crippen LogP contribution in [0.5, 0.6) is 17.2 Å². The van der Waals surface area contributed by atoms with Crippen molar-refractivity contribution in [2.45, 2.75) is 81.5 Å². The summed E-state index contributed by atoms with van der Waals surface area (Å²) >= 11 is 0. The highest BCUT2D eigenvalue weighted by molar-refractivity contribution is 6.02. The molecule has 3 amide bonds. The first-order valence-corrected chi connectivity index (χ1v) is 22.7. The average Bonchev–Trinajstić information content (AvgIpc) is 3.53. The van der Waals surface area contributed by atoms with Gasteiger partial charge in [0.15, 0.2) is 5.82 Å². The van der Waals surface area contributed by atoms with E-state index in [1.54, 1.807) is 12.1 Å². The lowest BCUT2D eigenvalue weighted by Crippen LogP contribution is -2.66. The van der Waals surface area contributed by atoms with Crippen LogP contribution in [0.4, 0.5) is 22.9 Å². The molecule has 6 aliphatic heterocycles. The summed E-state index contributed by atoms with van der Waals surface area (Å²) in [6, 6.07) is 24.1. The number of phenols is 1. The van der Waals surface area contributed by atoms with Gasteiger partial charge in [-0.25, -0.2) is 0 Å². The number of nitrogen functional groups attached to an aromatic ring is 1. The number of carbonyl (C=O) groups is 3. The molecule has 2 bridgehead atoms. The van der Waals surface area contributed by atoms with Gasteiger partial charge >= 0.3 is 0 Å². The molecule has 328 valence electrons. The maximum atomic E-state index is 13.5. The molecular formula is C48H55N9O6. The number of aromatic nitrogens is 2. The number of nitrogens with zero attached hydrogens (tertiary/aromatic N) is 7. The predicted molar refractivity (Wildman–Crippen MR) is 238 cm³/mol. The highest BCUT2D eigenvalue weighted by atomic mass is 16.5. The number of anilines is 4. The Labute approximate surface area is 367 Å². The number of nitrogens with one attached hydrogen (secondary N) is 1. The average molecular weight is 854 g/mol. The number of benzene rings is 3. The minimum absolute atomic E-state index is 0.148. The second kappa shape index (κ2) is 15.9. The molecule has 7 heterocycles. The first kappa shape index (κ1) is 39.7. The van der Waals surface area contributed by atoms with Gasteiger partial charge < -0.3 is 39.9 Å². The zero-order chi connectivity index (χ0) is 42.8. The highest BCUT2D eigenvalue weighted by Gasteiger charge is 2.55. The molecule has 1 aliphatic carbocycles. The Kier molecular flexibility index (Phi) is 10.0. The number of fused-ring (bicyclic) bond motifs is 3. The second-order valence-corrected chi connectivity index (χ2v) is 18.9. The van der Waals surface area contributed by atoms with Crippen molar-refractivity contribution in [2.24, 2.45) is 5.41 Å². The van der Waals surface area contributed by atoms with Gasteiger partial charge in [0.25, 0.3) is 0 Å². The molecule has 1 saturated carbocycles. The van der Waals surface area contributed by atoms with Crippen molar-refractivity contribution < 1.29 is 29.0 Å². The van der Waals surface area contributed by atoms with Gasteiger partial charge in [0, 0.05) is 67.4 Å². The molecule has 6 fully saturated rings. The monoisotopic (exact) mass is 853 g/mol. The van der Waals surface area contributed by atoms with Gasteiger partial charge in [-0.1, -0.05) is 30.3 Å². The van der Waals surface area contributed by atoms with E-state index in [1.165, 1.54) is 11.3 Å². The van der Waals surface area contributed by atoms with Crippen molar-refractivity contribution in [3.05, 3.63) is 78.4 Å². The van der Waals surface area contributed by atoms with Crippen molar-refractivity contribution in [1.29, 1.82) is 0 Å². The molecule has 3 atom stereocenters. The van der Waals surface area contributed by atoms with Crippen LogP contribution in [0.3, 0.4) is 0 Å². The van der Waals surface area contributed by atoms with Crippen LogP contribution in [0.1, 0.15) is 62.8 Å². The van der Waals surface area contributed by atoms with E-state index in [0.29, 0.717) is 67.6 Å². The van der Waals surface area contributed by atoms with Crippen molar-refractivity contribution in [3.63, 3.8) is 0 Å². The fraction of sp³-hybridized carbons (Fsp3) is 0.479. The molecule has 15 nitrogen and oxygen atoms in total. The van der Waals surface area contributed by atoms with Gasteiger partial charge in [0.05, 0.1) is 30.2 Å². The fourth-order valence-electron chi connectivity index (χ4n) is 11.7. The molecule has 4 aromatic rings. The molecule has 63 heavy (non-hydrogen) atoms. The normalized spacial score (nSPS) is 24.7. The van der Waals surface area contributed by atoms with Crippen LogP contribution in [-0.4, -0.2) is 126 Å². The number of ether oxygens (including phenoxy) is 2. The van der Waals surface area contributed by atoms with Crippen molar-refractivity contribution in [1.82, 2.24) is 25.3 Å². The second-order valence-electron chi connectivity index (χ2n) is 18.9. The number of hydrogen-bond acceptors (Lipinski definition) is 13. The van der Waals surface area contributed by atoms with Gasteiger partial charge in [-0.3, -0.25) is 24.6 Å². The Morgan fingerprint density at radius 2 is 1.67 bits per heavy atom. The van der Waals surface area contributed by atoms with Crippen LogP contribution < -0.4 is 35.2 Å². The molecule has 4 N–H and O–H groups in total. The minimum atomic E-state index is -0.369. The lowest BCUT2D eigenvalue weighted by molar-refractivity contribution is -0.161. The van der Waals surface area contributed by atoms with E-state index in [1.807, 2.05) is 35.2 Å². The number of piperidine rings is 2. The number of amides is 3. The molecule has 1 spiro atoms. The number of rotatable bonds is 9. The highest BCUT2D eigenvalue weighted by Crippen LogP contribution is 2.50. The number of likely N-dealkylation sites (tertiary alicyclic amines) is 2. The van der Waals surface area contributed by atoms with Gasteiger partial charge in [-0.05, 0) is 106 Å². The van der Waals surface area contributed by atoms with Crippen LogP contribution in [0.2, 0.25) is 0 Å². The number of para-hydroxylation sites is 2. The zero-order valence-corrected chi connectivity index (χ0v) is 35.5. The number of nitrogens with two attached hydrogens (primary N) is 1. The number of aromatic hydroxyl groups is 1. The molecule has 7 aliphatic rings. The maximum absolute atomic E-state index is 13.5. The van der Waals surface area contributed by atoms with Crippen molar-refractivity contribution in [2.75, 3.05) is 79.4 Å². The number of hydrogen-bond donors (Lipinski definition) is 3. The lowest BCUT2D eigenvalue weighted by atomic mass is 9.61. The maximum Gasteiger partial charge on any atom is 0.249 e. The Bertz CT molecular complexity index is 2410. The van der Waals surface area contributed by atoms with Crippen LogP contribution in [0.25, 0.3) is 11.3 Å². The summed E-state index contributed by atoms with van der Waals surface area (Å²) < 4.78 is 12.8. The lowest BCUT2D eigenvalue weighted by Gasteiger charge is -2.58. The SMILES string of the molecule is Nc1nnc(-c2ccccc2O)cc1N1C[C@H]2CC[C@@H](C1)N2c1cccc(OC2CC3(C2)CN(C(=O)CN2CCC(c4cccc5c4OCCN5[C@H]4CCC(=O)NC4=O)CC2)C3)c1. The summed E-state index contributed by atoms with van der Waals surface area (Å²) in [5.74, 6) is 2.41. The van der Waals surface area contributed by atoms with E-state index in [2.05, 4.69) is 65.4 Å². The first-order valence-electron chi connectivity index (χ1n) is 22.7. The molecule has 5 saturated heterocycles. The smallest absolute Gasteiger partial charge is 0.249 e. The van der Waals surface area contributed by atoms with Gasteiger partial charge in [-0.15, -0.1) is 10.2 Å². The molecular weight excluding hydrogens is 799 g/mol. The van der Waals surface area contributed by atoms with E-state index in [-0.39, 0.29) is 41.0 Å². The Hall–Kier alpha value is -6.09. The first-order chi connectivity index (χ1) is 30.7. The number of imide groups is 1. The quantitative estimate of drug-likeness (QED) is 0.201. The summed E-state index contributed by atoms with van der Waals surface area (Å²) in [7, 11) is 0. The topological polar surface area (TPSA) is 170 Å². The largest absolute Gasteiger partial charge is 0.507 e. The van der Waals surface area contributed by atoms with E-state index < -0.39 is 0 Å². The Morgan fingerprint density at radius 3 is 2.44 bits per heavy atom. The van der Waals surface area contributed by atoms with Crippen molar-refractivity contribution in [3.8, 4) is 28.5 Å². The predicted octanol–water partition coefficient (Wildman–Crippen LogP) is 4.54. The Balaban J connectivity index is 0.647. The summed E-state index contributed by atoms with van der Waals surface area (Å²) in [4.78, 5) is 49.3. The number of carbonyl (C=O) groups excluding carboxylic acids is 3. The standard InChI is InChI=1S/C48H55N9O6/c49-46-41(22-38(51-52-46)37-7-1-2-10-42(37)58)54-25-32-11-12-33(26-54)57(32)31-5-3-6-34(21-31)63-35-23-48(24-35)28-55(29-48)44(60)27-53-17-15-30(16-18-53)36-8-4-9-39-45(36)62-20-19-56(39)40-13-14-43(59)50-47(40)61/h1-10,21-22,30,32-33,35,40,58H,11-20,23-29H2,(H2,49,52)(H,50,59,61)/t32-,33+,40-/m0/s1. The molecule has 0 radical (unpaired) electrons. The third kappa shape index (κ3) is 7.43. The van der Waals surface area contributed by atoms with Crippen molar-refractivity contribution >= 4 is 40.6 Å². The van der Waals surface area contributed by atoms with E-state index >= 15 is 0 Å². The minimum Gasteiger partial charge on any atom is -0.507 e. The van der Waals surface area contributed by atoms with E-state index in [9.17, 15) is 19.5 Å². The molecule has 0 unspecified atom stereocenters. The van der Waals surface area contributed by atoms with Crippen LogP contribution in [-0.2, 0) is 14.4 Å². The summed E-state index contributed by atoms with van der Waals surface area (Å²) in [5.41, 5.74) is 11.9. The summed E-state index contributed by atoms with van der Waals surface area (Å²) in [5, 5.41) is 21.5. The van der Waals surface area contributed by atoms with Gasteiger partial charge in [0.2, 0.25) is 17.7 Å². The number of phenolic OH excluding ortho intramolecular Hbond substituents is 1. The van der Waals surface area contributed by atoms with Crippen LogP contribution >= 0.6 is 0 Å². The van der Waals surface area contributed by atoms with Gasteiger partial charge in [-0.2, -0.15) is 0 Å². The summed E-state index contributed by atoms with van der Waals surface area (Å²) in [6.45, 7) is 6.49. The number of piperazine rings is 1. The van der Waals surface area contributed by atoms with Gasteiger partial charge in [0.1, 0.15) is 36.0 Å². The Morgan fingerprint density at radius 1 is 0.889 bits per heavy atom. The summed E-state index contributed by atoms with van der Waals surface area (Å²) in [6.07, 6.45) is 7.00. The molecule has 15 heteroatoms. The molecule has 3 aromatic carbocycles. The van der Waals surface area contributed by atoms with Crippen LogP contribution in [0.15, 0.2) is 72.8 Å². The fourth-order valence-corrected chi connectivity index (χ4v) is 11.7. The third-order valence-corrected chi connectivity index (χ3v) is 14.8. The van der Waals surface area contributed by atoms with E-state index in [0.717, 1.165) is 101 Å². The third-order valence-electron chi connectivity index (χ3n) is 14.8. The molecule has 11 rings (SSSR count). The zero-order valence-electron chi connectivity index (χ0n) is 35.5.